The molecule has 9 heteroatoms. The Hall–Kier alpha value is -1.03. The van der Waals surface area contributed by atoms with E-state index in [1.165, 1.54) is 13.0 Å². The van der Waals surface area contributed by atoms with Crippen molar-refractivity contribution < 1.29 is 26.0 Å². The van der Waals surface area contributed by atoms with E-state index in [0.29, 0.717) is 31.9 Å². The lowest BCUT2D eigenvalue weighted by molar-refractivity contribution is 0.0222. The van der Waals surface area contributed by atoms with Crippen LogP contribution in [0.15, 0.2) is 23.1 Å². The zero-order valence-corrected chi connectivity index (χ0v) is 14.9. The van der Waals surface area contributed by atoms with Gasteiger partial charge in [-0.25, -0.2) is 21.2 Å². The fourth-order valence-corrected chi connectivity index (χ4v) is 8.49. The number of ether oxygens (including phenoxy) is 1. The molecule has 0 spiro atoms. The van der Waals surface area contributed by atoms with Crippen LogP contribution >= 0.6 is 0 Å². The smallest absolute Gasteiger partial charge is 0.184 e. The molecular weight excluding hydrogens is 357 g/mol. The highest BCUT2D eigenvalue weighted by molar-refractivity contribution is 7.96. The number of nitrogens with zero attached hydrogens (tertiary/aromatic N) is 1. The van der Waals surface area contributed by atoms with E-state index in [0.717, 1.165) is 12.1 Å². The summed E-state index contributed by atoms with van der Waals surface area (Å²) in [4.78, 5) is 1.89. The molecule has 0 aromatic heterocycles. The van der Waals surface area contributed by atoms with Gasteiger partial charge in [-0.3, -0.25) is 4.90 Å². The molecule has 0 aliphatic carbocycles. The first kappa shape index (κ1) is 17.8. The van der Waals surface area contributed by atoms with Gasteiger partial charge in [0.2, 0.25) is 0 Å². The molecule has 1 aromatic carbocycles. The number of morpholine rings is 1. The van der Waals surface area contributed by atoms with Crippen LogP contribution in [0.1, 0.15) is 5.56 Å². The summed E-state index contributed by atoms with van der Waals surface area (Å²) in [6.07, 6.45) is 0. The molecule has 2 aliphatic heterocycles. The lowest BCUT2D eigenvalue weighted by Crippen LogP contribution is -2.50. The Labute approximate surface area is 141 Å². The molecule has 2 fully saturated rings. The van der Waals surface area contributed by atoms with Crippen molar-refractivity contribution in [1.29, 1.82) is 0 Å². The van der Waals surface area contributed by atoms with Gasteiger partial charge in [0.25, 0.3) is 0 Å². The van der Waals surface area contributed by atoms with Gasteiger partial charge >= 0.3 is 0 Å². The van der Waals surface area contributed by atoms with Gasteiger partial charge in [0.1, 0.15) is 5.82 Å². The third kappa shape index (κ3) is 3.35. The average Bonchev–Trinajstić information content (AvgIpc) is 2.84. The van der Waals surface area contributed by atoms with Crippen LogP contribution in [0.5, 0.6) is 0 Å². The van der Waals surface area contributed by atoms with Crippen molar-refractivity contribution in [3.05, 3.63) is 29.6 Å². The molecule has 0 amide bonds. The number of benzene rings is 1. The Morgan fingerprint density at radius 1 is 1.21 bits per heavy atom. The molecule has 1 aromatic rings. The number of rotatable bonds is 3. The van der Waals surface area contributed by atoms with Crippen molar-refractivity contribution in [3.8, 4) is 0 Å². The minimum absolute atomic E-state index is 0.00394. The van der Waals surface area contributed by atoms with E-state index in [1.807, 2.05) is 4.90 Å². The summed E-state index contributed by atoms with van der Waals surface area (Å²) in [5.41, 5.74) is 0.292. The van der Waals surface area contributed by atoms with E-state index in [4.69, 9.17) is 4.74 Å². The SMILES string of the molecule is Cc1cc(F)ccc1S(=O)(=O)[C@H]1CS(=O)(=O)C[C@@H]1N1CCOCC1. The highest BCUT2D eigenvalue weighted by atomic mass is 32.2. The lowest BCUT2D eigenvalue weighted by atomic mass is 10.2. The van der Waals surface area contributed by atoms with Gasteiger partial charge in [0, 0.05) is 19.1 Å². The molecule has 2 aliphatic rings. The van der Waals surface area contributed by atoms with E-state index in [2.05, 4.69) is 0 Å². The molecule has 24 heavy (non-hydrogen) atoms. The van der Waals surface area contributed by atoms with Crippen LogP contribution < -0.4 is 0 Å². The van der Waals surface area contributed by atoms with Crippen LogP contribution in [-0.2, 0) is 24.4 Å². The Kier molecular flexibility index (Phi) is 4.71. The van der Waals surface area contributed by atoms with Gasteiger partial charge in [-0.05, 0) is 30.7 Å². The quantitative estimate of drug-likeness (QED) is 0.710. The molecule has 6 nitrogen and oxygen atoms in total. The van der Waals surface area contributed by atoms with Gasteiger partial charge in [-0.1, -0.05) is 0 Å². The normalized spacial score (nSPS) is 28.1. The maximum absolute atomic E-state index is 13.3. The first-order valence-corrected chi connectivity index (χ1v) is 11.1. The van der Waals surface area contributed by atoms with Gasteiger partial charge in [-0.2, -0.15) is 0 Å². The van der Waals surface area contributed by atoms with Crippen LogP contribution in [0.2, 0.25) is 0 Å². The number of halogens is 1. The summed E-state index contributed by atoms with van der Waals surface area (Å²) in [5.74, 6) is -1.08. The zero-order valence-electron chi connectivity index (χ0n) is 13.3. The van der Waals surface area contributed by atoms with Gasteiger partial charge in [0.05, 0.1) is 34.9 Å². The first-order chi connectivity index (χ1) is 11.2. The summed E-state index contributed by atoms with van der Waals surface area (Å²) >= 11 is 0. The predicted octanol–water partition coefficient (Wildman–Crippen LogP) is 0.406. The molecule has 134 valence electrons. The molecule has 2 atom stereocenters. The minimum Gasteiger partial charge on any atom is -0.379 e. The van der Waals surface area contributed by atoms with E-state index in [9.17, 15) is 21.2 Å². The molecule has 0 saturated carbocycles. The Morgan fingerprint density at radius 2 is 1.88 bits per heavy atom. The maximum Gasteiger partial charge on any atom is 0.184 e. The molecule has 2 saturated heterocycles. The third-order valence-corrected chi connectivity index (χ3v) is 8.91. The number of hydrogen-bond acceptors (Lipinski definition) is 6. The number of sulfone groups is 2. The monoisotopic (exact) mass is 377 g/mol. The zero-order chi connectivity index (χ0) is 17.5. The van der Waals surface area contributed by atoms with Crippen molar-refractivity contribution in [2.75, 3.05) is 37.8 Å². The van der Waals surface area contributed by atoms with E-state index in [1.54, 1.807) is 0 Å². The van der Waals surface area contributed by atoms with Crippen LogP contribution in [0, 0.1) is 12.7 Å². The number of aryl methyl sites for hydroxylation is 1. The molecule has 0 radical (unpaired) electrons. The summed E-state index contributed by atoms with van der Waals surface area (Å²) in [6, 6.07) is 2.88. The highest BCUT2D eigenvalue weighted by Crippen LogP contribution is 2.31. The third-order valence-electron chi connectivity index (χ3n) is 4.63. The van der Waals surface area contributed by atoms with Gasteiger partial charge in [0.15, 0.2) is 19.7 Å². The second-order valence-corrected chi connectivity index (χ2v) is 10.6. The van der Waals surface area contributed by atoms with Crippen molar-refractivity contribution in [3.63, 3.8) is 0 Å². The molecule has 2 heterocycles. The average molecular weight is 377 g/mol. The van der Waals surface area contributed by atoms with Crippen LogP contribution in [-0.4, -0.2) is 70.8 Å². The Morgan fingerprint density at radius 3 is 2.50 bits per heavy atom. The standard InChI is InChI=1S/C15H20FNO5S2/c1-11-8-12(16)2-3-14(11)24(20,21)15-10-23(18,19)9-13(15)17-4-6-22-7-5-17/h2-3,8,13,15H,4-7,9-10H2,1H3/t13-,15-/m0/s1. The summed E-state index contributed by atoms with van der Waals surface area (Å²) in [7, 11) is -7.33. The predicted molar refractivity (Wildman–Crippen MR) is 86.9 cm³/mol. The second-order valence-electron chi connectivity index (χ2n) is 6.29. The molecule has 3 rings (SSSR count). The fraction of sp³-hybridized carbons (Fsp3) is 0.600. The highest BCUT2D eigenvalue weighted by Gasteiger charge is 2.48. The van der Waals surface area contributed by atoms with E-state index >= 15 is 0 Å². The molecule has 0 unspecified atom stereocenters. The van der Waals surface area contributed by atoms with E-state index in [-0.39, 0.29) is 10.6 Å². The molecule has 0 N–H and O–H groups in total. The van der Waals surface area contributed by atoms with Crippen molar-refractivity contribution in [2.45, 2.75) is 23.1 Å². The second kappa shape index (κ2) is 6.36. The van der Waals surface area contributed by atoms with Crippen LogP contribution in [0.3, 0.4) is 0 Å². The Bertz CT molecular complexity index is 831. The van der Waals surface area contributed by atoms with Crippen molar-refractivity contribution in [1.82, 2.24) is 4.90 Å². The molecule has 0 bridgehead atoms. The minimum atomic E-state index is -3.88. The van der Waals surface area contributed by atoms with Crippen molar-refractivity contribution in [2.24, 2.45) is 0 Å². The maximum atomic E-state index is 13.3. The number of hydrogen-bond donors (Lipinski definition) is 0. The molecular formula is C15H20FNO5S2. The summed E-state index contributed by atoms with van der Waals surface area (Å²) < 4.78 is 68.9. The van der Waals surface area contributed by atoms with Crippen LogP contribution in [0.4, 0.5) is 4.39 Å². The van der Waals surface area contributed by atoms with Crippen molar-refractivity contribution >= 4 is 19.7 Å². The largest absolute Gasteiger partial charge is 0.379 e. The van der Waals surface area contributed by atoms with Gasteiger partial charge in [-0.15, -0.1) is 0 Å². The summed E-state index contributed by atoms with van der Waals surface area (Å²) in [5, 5.41) is -1.04. The first-order valence-electron chi connectivity index (χ1n) is 7.73. The fourth-order valence-electron chi connectivity index (χ4n) is 3.44. The topological polar surface area (TPSA) is 80.8 Å². The lowest BCUT2D eigenvalue weighted by Gasteiger charge is -2.34. The van der Waals surface area contributed by atoms with Gasteiger partial charge < -0.3 is 4.74 Å². The Balaban J connectivity index is 2.00. The van der Waals surface area contributed by atoms with E-state index < -0.39 is 42.5 Å². The summed E-state index contributed by atoms with van der Waals surface area (Å²) in [6.45, 7) is 3.45. The van der Waals surface area contributed by atoms with Crippen LogP contribution in [0.25, 0.3) is 0 Å².